The maximum atomic E-state index is 6.08. The number of hydrogen-bond donors (Lipinski definition) is 2. The first-order chi connectivity index (χ1) is 9.51. The SMILES string of the molecule is COc1cc(Cl)c(C)cc1Nc1cc(C(N)=S)ccn1. The minimum Gasteiger partial charge on any atom is -0.495 e. The molecule has 0 fully saturated rings. The second-order valence-electron chi connectivity index (χ2n) is 4.22. The monoisotopic (exact) mass is 307 g/mol. The van der Waals surface area contributed by atoms with Crippen molar-refractivity contribution in [3.8, 4) is 5.75 Å². The van der Waals surface area contributed by atoms with Crippen LogP contribution in [0.4, 0.5) is 11.5 Å². The Morgan fingerprint density at radius 3 is 2.80 bits per heavy atom. The van der Waals surface area contributed by atoms with Crippen LogP contribution >= 0.6 is 23.8 Å². The fourth-order valence-corrected chi connectivity index (χ4v) is 2.00. The summed E-state index contributed by atoms with van der Waals surface area (Å²) in [6.07, 6.45) is 1.64. The molecule has 6 heteroatoms. The molecule has 1 aromatic carbocycles. The van der Waals surface area contributed by atoms with Gasteiger partial charge in [-0.1, -0.05) is 23.8 Å². The highest BCUT2D eigenvalue weighted by Gasteiger charge is 2.08. The number of hydrogen-bond acceptors (Lipinski definition) is 4. The highest BCUT2D eigenvalue weighted by molar-refractivity contribution is 7.80. The summed E-state index contributed by atoms with van der Waals surface area (Å²) < 4.78 is 5.31. The standard InChI is InChI=1S/C14H14ClN3OS/c1-8-5-11(12(19-2)7-10(8)15)18-13-6-9(14(16)20)3-4-17-13/h3-7H,1-2H3,(H2,16,20)(H,17,18). The van der Waals surface area contributed by atoms with Crippen molar-refractivity contribution in [3.63, 3.8) is 0 Å². The van der Waals surface area contributed by atoms with E-state index in [1.54, 1.807) is 31.5 Å². The fraction of sp³-hybridized carbons (Fsp3) is 0.143. The predicted molar refractivity (Wildman–Crippen MR) is 86.1 cm³/mol. The molecule has 0 amide bonds. The van der Waals surface area contributed by atoms with Gasteiger partial charge in [0.1, 0.15) is 16.6 Å². The van der Waals surface area contributed by atoms with Gasteiger partial charge in [-0.2, -0.15) is 0 Å². The molecular formula is C14H14ClN3OS. The number of pyridine rings is 1. The third-order valence-corrected chi connectivity index (χ3v) is 3.43. The molecular weight excluding hydrogens is 294 g/mol. The van der Waals surface area contributed by atoms with Gasteiger partial charge < -0.3 is 15.8 Å². The third-order valence-electron chi connectivity index (χ3n) is 2.79. The van der Waals surface area contributed by atoms with Gasteiger partial charge in [-0.15, -0.1) is 0 Å². The van der Waals surface area contributed by atoms with Crippen molar-refractivity contribution >= 4 is 40.3 Å². The van der Waals surface area contributed by atoms with Gasteiger partial charge >= 0.3 is 0 Å². The van der Waals surface area contributed by atoms with Gasteiger partial charge in [0.15, 0.2) is 0 Å². The number of rotatable bonds is 4. The van der Waals surface area contributed by atoms with Gasteiger partial charge in [-0.3, -0.25) is 0 Å². The highest BCUT2D eigenvalue weighted by atomic mass is 35.5. The van der Waals surface area contributed by atoms with Crippen LogP contribution in [0.3, 0.4) is 0 Å². The summed E-state index contributed by atoms with van der Waals surface area (Å²) in [4.78, 5) is 4.56. The second kappa shape index (κ2) is 6.07. The van der Waals surface area contributed by atoms with Crippen molar-refractivity contribution in [2.75, 3.05) is 12.4 Å². The number of methoxy groups -OCH3 is 1. The number of anilines is 2. The summed E-state index contributed by atoms with van der Waals surface area (Å²) in [5.41, 5.74) is 8.09. The summed E-state index contributed by atoms with van der Waals surface area (Å²) in [6, 6.07) is 7.20. The minimum atomic E-state index is 0.328. The normalized spacial score (nSPS) is 10.2. The lowest BCUT2D eigenvalue weighted by atomic mass is 10.2. The smallest absolute Gasteiger partial charge is 0.143 e. The molecule has 0 spiro atoms. The molecule has 0 aliphatic rings. The summed E-state index contributed by atoms with van der Waals surface area (Å²) in [5, 5.41) is 3.83. The second-order valence-corrected chi connectivity index (χ2v) is 5.07. The fourth-order valence-electron chi connectivity index (χ4n) is 1.72. The third kappa shape index (κ3) is 3.18. The molecule has 0 saturated heterocycles. The summed E-state index contributed by atoms with van der Waals surface area (Å²) in [5.74, 6) is 1.28. The molecule has 1 aromatic heterocycles. The number of benzene rings is 1. The Morgan fingerprint density at radius 2 is 2.15 bits per heavy atom. The lowest BCUT2D eigenvalue weighted by molar-refractivity contribution is 0.416. The van der Waals surface area contributed by atoms with E-state index in [1.807, 2.05) is 13.0 Å². The average molecular weight is 308 g/mol. The maximum Gasteiger partial charge on any atom is 0.143 e. The first-order valence-corrected chi connectivity index (χ1v) is 6.67. The zero-order valence-electron chi connectivity index (χ0n) is 11.1. The lowest BCUT2D eigenvalue weighted by Gasteiger charge is -2.13. The maximum absolute atomic E-state index is 6.08. The lowest BCUT2D eigenvalue weighted by Crippen LogP contribution is -2.10. The molecule has 1 heterocycles. The van der Waals surface area contributed by atoms with E-state index in [-0.39, 0.29) is 0 Å². The Bertz CT molecular complexity index is 661. The molecule has 0 aliphatic carbocycles. The van der Waals surface area contributed by atoms with Gasteiger partial charge in [0.2, 0.25) is 0 Å². The van der Waals surface area contributed by atoms with E-state index in [0.717, 1.165) is 16.8 Å². The van der Waals surface area contributed by atoms with E-state index >= 15 is 0 Å². The zero-order chi connectivity index (χ0) is 14.7. The van der Waals surface area contributed by atoms with Crippen molar-refractivity contribution in [1.29, 1.82) is 0 Å². The first kappa shape index (κ1) is 14.6. The van der Waals surface area contributed by atoms with Crippen LogP contribution in [0.2, 0.25) is 5.02 Å². The summed E-state index contributed by atoms with van der Waals surface area (Å²) in [6.45, 7) is 1.92. The number of nitrogens with two attached hydrogens (primary N) is 1. The predicted octanol–water partition coefficient (Wildman–Crippen LogP) is 3.43. The molecule has 4 nitrogen and oxygen atoms in total. The van der Waals surface area contributed by atoms with E-state index in [9.17, 15) is 0 Å². The van der Waals surface area contributed by atoms with Gasteiger partial charge in [0.25, 0.3) is 0 Å². The Kier molecular flexibility index (Phi) is 4.42. The zero-order valence-corrected chi connectivity index (χ0v) is 12.7. The number of nitrogens with zero attached hydrogens (tertiary/aromatic N) is 1. The van der Waals surface area contributed by atoms with Crippen LogP contribution in [0.5, 0.6) is 5.75 Å². The van der Waals surface area contributed by atoms with Crippen LogP contribution < -0.4 is 15.8 Å². The van der Waals surface area contributed by atoms with Crippen LogP contribution in [-0.4, -0.2) is 17.1 Å². The van der Waals surface area contributed by atoms with Crippen LogP contribution in [0, 0.1) is 6.92 Å². The quantitative estimate of drug-likeness (QED) is 0.847. The molecule has 20 heavy (non-hydrogen) atoms. The average Bonchev–Trinajstić information content (AvgIpc) is 2.43. The van der Waals surface area contributed by atoms with E-state index in [1.165, 1.54) is 0 Å². The van der Waals surface area contributed by atoms with E-state index in [0.29, 0.717) is 21.6 Å². The number of halogens is 1. The Balaban J connectivity index is 2.36. The number of nitrogens with one attached hydrogen (secondary N) is 1. The molecule has 2 rings (SSSR count). The molecule has 0 aliphatic heterocycles. The van der Waals surface area contributed by atoms with E-state index < -0.39 is 0 Å². The largest absolute Gasteiger partial charge is 0.495 e. The molecule has 0 radical (unpaired) electrons. The molecule has 104 valence electrons. The number of thiocarbonyl (C=S) groups is 1. The van der Waals surface area contributed by atoms with Crippen LogP contribution in [0.1, 0.15) is 11.1 Å². The number of ether oxygens (including phenoxy) is 1. The van der Waals surface area contributed by atoms with Crippen molar-refractivity contribution in [2.45, 2.75) is 6.92 Å². The number of aromatic nitrogens is 1. The molecule has 0 atom stereocenters. The van der Waals surface area contributed by atoms with Crippen molar-refractivity contribution in [2.24, 2.45) is 5.73 Å². The van der Waals surface area contributed by atoms with Crippen LogP contribution in [0.25, 0.3) is 0 Å². The van der Waals surface area contributed by atoms with Crippen molar-refractivity contribution in [3.05, 3.63) is 46.6 Å². The summed E-state index contributed by atoms with van der Waals surface area (Å²) in [7, 11) is 1.59. The van der Waals surface area contributed by atoms with Crippen molar-refractivity contribution < 1.29 is 4.74 Å². The molecule has 2 aromatic rings. The van der Waals surface area contributed by atoms with Gasteiger partial charge in [0, 0.05) is 22.8 Å². The van der Waals surface area contributed by atoms with E-state index in [2.05, 4.69) is 10.3 Å². The molecule has 3 N–H and O–H groups in total. The van der Waals surface area contributed by atoms with Crippen molar-refractivity contribution in [1.82, 2.24) is 4.98 Å². The topological polar surface area (TPSA) is 60.2 Å². The Morgan fingerprint density at radius 1 is 1.40 bits per heavy atom. The van der Waals surface area contributed by atoms with Gasteiger partial charge in [-0.05, 0) is 30.7 Å². The Labute approximate surface area is 127 Å². The van der Waals surface area contributed by atoms with Crippen LogP contribution in [-0.2, 0) is 0 Å². The van der Waals surface area contributed by atoms with Gasteiger partial charge in [0.05, 0.1) is 12.8 Å². The Hall–Kier alpha value is -1.85. The molecule has 0 unspecified atom stereocenters. The molecule has 0 saturated carbocycles. The first-order valence-electron chi connectivity index (χ1n) is 5.88. The van der Waals surface area contributed by atoms with E-state index in [4.69, 9.17) is 34.3 Å². The number of aryl methyl sites for hydroxylation is 1. The highest BCUT2D eigenvalue weighted by Crippen LogP contribution is 2.32. The molecule has 0 bridgehead atoms. The summed E-state index contributed by atoms with van der Waals surface area (Å²) >= 11 is 11.0. The minimum absolute atomic E-state index is 0.328. The van der Waals surface area contributed by atoms with Gasteiger partial charge in [-0.25, -0.2) is 4.98 Å². The van der Waals surface area contributed by atoms with Crippen LogP contribution in [0.15, 0.2) is 30.5 Å².